The van der Waals surface area contributed by atoms with E-state index in [-0.39, 0.29) is 10.6 Å². The fraction of sp³-hybridized carbons (Fsp3) is 0.333. The van der Waals surface area contributed by atoms with E-state index in [0.717, 1.165) is 59.4 Å². The summed E-state index contributed by atoms with van der Waals surface area (Å²) in [6.07, 6.45) is 2.87. The number of hydrogen-bond acceptors (Lipinski definition) is 5. The molecule has 0 spiro atoms. The van der Waals surface area contributed by atoms with Gasteiger partial charge in [-0.05, 0) is 54.3 Å². The van der Waals surface area contributed by atoms with Crippen LogP contribution in [0.2, 0.25) is 0 Å². The first-order valence-corrected chi connectivity index (χ1v) is 12.8. The van der Waals surface area contributed by atoms with Gasteiger partial charge >= 0.3 is 0 Å². The van der Waals surface area contributed by atoms with E-state index in [0.29, 0.717) is 19.4 Å². The summed E-state index contributed by atoms with van der Waals surface area (Å²) in [5.74, 6) is 0.777. The van der Waals surface area contributed by atoms with Gasteiger partial charge < -0.3 is 19.7 Å². The summed E-state index contributed by atoms with van der Waals surface area (Å²) in [5.41, 5.74) is 3.81. The first kappa shape index (κ1) is 23.7. The van der Waals surface area contributed by atoms with E-state index in [4.69, 9.17) is 4.74 Å². The molecule has 190 valence electrons. The van der Waals surface area contributed by atoms with Crippen LogP contribution >= 0.6 is 0 Å². The molecule has 0 radical (unpaired) electrons. The Morgan fingerprint density at radius 2 is 1.92 bits per heavy atom. The van der Waals surface area contributed by atoms with Crippen molar-refractivity contribution in [1.82, 2.24) is 9.88 Å². The molecule has 1 fully saturated rings. The Bertz CT molecular complexity index is 1470. The third-order valence-electron chi connectivity index (χ3n) is 8.55. The average molecular weight is 498 g/mol. The molecule has 1 aliphatic carbocycles. The highest BCUT2D eigenvalue weighted by atomic mass is 16.6. The van der Waals surface area contributed by atoms with E-state index in [9.17, 15) is 15.2 Å². The van der Waals surface area contributed by atoms with Gasteiger partial charge in [-0.3, -0.25) is 10.1 Å². The average Bonchev–Trinajstić information content (AvgIpc) is 3.26. The SMILES string of the molecule is COc1cccc(C23CCN(CCc4ccccc4)CC2(O)Cc2c([nH]c4cc([N+](=O)[O-])ccc24)C3)c1. The number of nitrogens with zero attached hydrogens (tertiary/aromatic N) is 2. The number of nitro benzene ring substituents is 1. The second-order valence-electron chi connectivity index (χ2n) is 10.5. The van der Waals surface area contributed by atoms with E-state index in [1.807, 2.05) is 24.3 Å². The highest BCUT2D eigenvalue weighted by Gasteiger charge is 2.57. The zero-order chi connectivity index (χ0) is 25.6. The Morgan fingerprint density at radius 1 is 1.08 bits per heavy atom. The van der Waals surface area contributed by atoms with Gasteiger partial charge in [-0.15, -0.1) is 0 Å². The lowest BCUT2D eigenvalue weighted by atomic mass is 9.56. The molecule has 4 aromatic rings. The standard InChI is InChI=1S/C30H31N3O4/c1-37-24-9-5-8-22(16-24)29-13-15-32(14-12-21-6-3-2-4-7-21)20-30(29,34)18-26-25-11-10-23(33(35)36)17-27(25)31-28(26)19-29/h2-11,16-17,31,34H,12-15,18-20H2,1H3. The molecule has 6 rings (SSSR count). The van der Waals surface area contributed by atoms with Crippen molar-refractivity contribution in [2.45, 2.75) is 36.7 Å². The third kappa shape index (κ3) is 3.99. The summed E-state index contributed by atoms with van der Waals surface area (Å²) in [4.78, 5) is 16.9. The number of aliphatic hydroxyl groups is 1. The Hall–Kier alpha value is -3.68. The van der Waals surface area contributed by atoms with Crippen LogP contribution in [0.4, 0.5) is 5.69 Å². The smallest absolute Gasteiger partial charge is 0.271 e. The molecule has 3 aromatic carbocycles. The first-order chi connectivity index (χ1) is 17.9. The number of methoxy groups -OCH3 is 1. The minimum absolute atomic E-state index is 0.0665. The number of likely N-dealkylation sites (tertiary alicyclic amines) is 1. The van der Waals surface area contributed by atoms with Gasteiger partial charge in [-0.2, -0.15) is 0 Å². The molecule has 7 heteroatoms. The summed E-state index contributed by atoms with van der Waals surface area (Å²) in [6, 6.07) is 23.5. The number of aromatic nitrogens is 1. The molecular weight excluding hydrogens is 466 g/mol. The van der Waals surface area contributed by atoms with Crippen LogP contribution in [0, 0.1) is 10.1 Å². The lowest BCUT2D eigenvalue weighted by Gasteiger charge is -2.56. The summed E-state index contributed by atoms with van der Waals surface area (Å²) < 4.78 is 5.55. The Labute approximate surface area is 215 Å². The van der Waals surface area contributed by atoms with Crippen LogP contribution in [0.25, 0.3) is 10.9 Å². The third-order valence-corrected chi connectivity index (χ3v) is 8.55. The Morgan fingerprint density at radius 3 is 2.70 bits per heavy atom. The number of piperidine rings is 1. The van der Waals surface area contributed by atoms with E-state index in [1.165, 1.54) is 5.56 Å². The predicted octanol–water partition coefficient (Wildman–Crippen LogP) is 4.80. The van der Waals surface area contributed by atoms with Gasteiger partial charge in [0.25, 0.3) is 5.69 Å². The monoisotopic (exact) mass is 497 g/mol. The number of nitrogens with one attached hydrogen (secondary N) is 1. The number of non-ortho nitro benzene ring substituents is 1. The van der Waals surface area contributed by atoms with Gasteiger partial charge in [0.05, 0.1) is 23.2 Å². The van der Waals surface area contributed by atoms with Gasteiger partial charge in [0.2, 0.25) is 0 Å². The topological polar surface area (TPSA) is 91.6 Å². The maximum atomic E-state index is 12.6. The van der Waals surface area contributed by atoms with E-state index in [1.54, 1.807) is 19.2 Å². The van der Waals surface area contributed by atoms with Crippen LogP contribution < -0.4 is 4.74 Å². The first-order valence-electron chi connectivity index (χ1n) is 12.8. The number of β-amino-alcohol motifs (C(OH)–C–C–N with tert-alkyl or cyclic N) is 1. The van der Waals surface area contributed by atoms with Crippen molar-refractivity contribution >= 4 is 16.6 Å². The van der Waals surface area contributed by atoms with Gasteiger partial charge in [0, 0.05) is 54.6 Å². The second kappa shape index (κ2) is 9.01. The van der Waals surface area contributed by atoms with E-state index >= 15 is 0 Å². The van der Waals surface area contributed by atoms with Crippen LogP contribution in [0.3, 0.4) is 0 Å². The maximum absolute atomic E-state index is 12.6. The van der Waals surface area contributed by atoms with Crippen molar-refractivity contribution < 1.29 is 14.8 Å². The molecule has 2 atom stereocenters. The molecule has 1 aliphatic heterocycles. The molecule has 1 saturated heterocycles. The van der Waals surface area contributed by atoms with Gasteiger partial charge in [-0.25, -0.2) is 0 Å². The van der Waals surface area contributed by atoms with Gasteiger partial charge in [0.1, 0.15) is 5.75 Å². The number of aromatic amines is 1. The quantitative estimate of drug-likeness (QED) is 0.295. The Kier molecular flexibility index (Phi) is 5.77. The summed E-state index contributed by atoms with van der Waals surface area (Å²) >= 11 is 0. The van der Waals surface area contributed by atoms with Crippen LogP contribution in [-0.2, 0) is 24.7 Å². The molecular formula is C30H31N3O4. The number of benzene rings is 3. The fourth-order valence-corrected chi connectivity index (χ4v) is 6.58. The number of hydrogen-bond donors (Lipinski definition) is 2. The predicted molar refractivity (Wildman–Crippen MR) is 143 cm³/mol. The number of ether oxygens (including phenoxy) is 1. The van der Waals surface area contributed by atoms with Crippen molar-refractivity contribution in [1.29, 1.82) is 0 Å². The van der Waals surface area contributed by atoms with Crippen molar-refractivity contribution in [2.24, 2.45) is 0 Å². The summed E-state index contributed by atoms with van der Waals surface area (Å²) in [5, 5.41) is 24.9. The molecule has 0 saturated carbocycles. The number of fused-ring (bicyclic) bond motifs is 4. The maximum Gasteiger partial charge on any atom is 0.271 e. The van der Waals surface area contributed by atoms with Crippen molar-refractivity contribution in [2.75, 3.05) is 26.7 Å². The number of rotatable bonds is 6. The molecule has 0 bridgehead atoms. The van der Waals surface area contributed by atoms with Crippen molar-refractivity contribution in [3.8, 4) is 5.75 Å². The molecule has 1 aromatic heterocycles. The van der Waals surface area contributed by atoms with Crippen LogP contribution in [0.1, 0.15) is 28.8 Å². The van der Waals surface area contributed by atoms with Crippen LogP contribution in [0.15, 0.2) is 72.8 Å². The summed E-state index contributed by atoms with van der Waals surface area (Å²) in [6.45, 7) is 2.33. The summed E-state index contributed by atoms with van der Waals surface area (Å²) in [7, 11) is 1.67. The highest BCUT2D eigenvalue weighted by molar-refractivity contribution is 5.87. The zero-order valence-electron chi connectivity index (χ0n) is 20.9. The normalized spacial score (nSPS) is 23.4. The number of H-pyrrole nitrogens is 1. The molecule has 2 N–H and O–H groups in total. The minimum atomic E-state index is -1.00. The molecule has 37 heavy (non-hydrogen) atoms. The van der Waals surface area contributed by atoms with Crippen molar-refractivity contribution in [3.05, 3.63) is 105 Å². The molecule has 7 nitrogen and oxygen atoms in total. The largest absolute Gasteiger partial charge is 0.497 e. The molecule has 2 heterocycles. The minimum Gasteiger partial charge on any atom is -0.497 e. The lowest BCUT2D eigenvalue weighted by molar-refractivity contribution is -0.384. The fourth-order valence-electron chi connectivity index (χ4n) is 6.58. The van der Waals surface area contributed by atoms with Crippen LogP contribution in [0.5, 0.6) is 5.75 Å². The second-order valence-corrected chi connectivity index (χ2v) is 10.5. The molecule has 2 aliphatic rings. The van der Waals surface area contributed by atoms with Gasteiger partial charge in [-0.1, -0.05) is 42.5 Å². The van der Waals surface area contributed by atoms with Crippen LogP contribution in [-0.4, -0.2) is 52.3 Å². The van der Waals surface area contributed by atoms with E-state index < -0.39 is 11.0 Å². The highest BCUT2D eigenvalue weighted by Crippen LogP contribution is 2.52. The Balaban J connectivity index is 1.40. The lowest BCUT2D eigenvalue weighted by Crippen LogP contribution is -2.66. The van der Waals surface area contributed by atoms with E-state index in [2.05, 4.69) is 46.3 Å². The number of nitro groups is 1. The van der Waals surface area contributed by atoms with Crippen molar-refractivity contribution in [3.63, 3.8) is 0 Å². The zero-order valence-corrected chi connectivity index (χ0v) is 20.9. The molecule has 2 unspecified atom stereocenters. The molecule has 0 amide bonds. The van der Waals surface area contributed by atoms with Gasteiger partial charge in [0.15, 0.2) is 0 Å².